The van der Waals surface area contributed by atoms with Crippen molar-refractivity contribution in [3.8, 4) is 0 Å². The number of carboxylic acids is 1. The zero-order chi connectivity index (χ0) is 15.4. The van der Waals surface area contributed by atoms with Gasteiger partial charge in [-0.2, -0.15) is 0 Å². The number of urea groups is 1. The van der Waals surface area contributed by atoms with Crippen molar-refractivity contribution in [1.82, 2.24) is 15.1 Å². The van der Waals surface area contributed by atoms with Gasteiger partial charge in [-0.3, -0.25) is 9.69 Å². The summed E-state index contributed by atoms with van der Waals surface area (Å²) < 4.78 is 5.63. The number of hydrogen-bond donors (Lipinski definition) is 2. The Kier molecular flexibility index (Phi) is 5.41. The fourth-order valence-electron chi connectivity index (χ4n) is 2.96. The molecule has 0 spiro atoms. The topological polar surface area (TPSA) is 82.1 Å². The van der Waals surface area contributed by atoms with Crippen LogP contribution in [0.15, 0.2) is 0 Å². The Hall–Kier alpha value is -1.34. The Morgan fingerprint density at radius 3 is 2.71 bits per heavy atom. The molecule has 0 saturated carbocycles. The lowest BCUT2D eigenvalue weighted by Crippen LogP contribution is -2.49. The number of carbonyl (C=O) groups excluding carboxylic acids is 1. The molecule has 21 heavy (non-hydrogen) atoms. The number of rotatable bonds is 4. The first-order valence-electron chi connectivity index (χ1n) is 7.60. The highest BCUT2D eigenvalue weighted by atomic mass is 16.5. The second kappa shape index (κ2) is 7.09. The normalized spacial score (nSPS) is 30.4. The van der Waals surface area contributed by atoms with Crippen molar-refractivity contribution in [1.29, 1.82) is 0 Å². The molecule has 2 saturated heterocycles. The van der Waals surface area contributed by atoms with E-state index in [9.17, 15) is 9.59 Å². The van der Waals surface area contributed by atoms with Crippen molar-refractivity contribution in [2.75, 3.05) is 45.9 Å². The zero-order valence-electron chi connectivity index (χ0n) is 12.7. The Morgan fingerprint density at radius 1 is 1.33 bits per heavy atom. The standard InChI is InChI=1S/C14H25N3O4/c1-3-16-4-5-21-11(8-16)6-15-14(20)17-7-10(2)12(9-17)13(18)19/h10-12H,3-9H2,1-2H3,(H,15,20)(H,18,19). The molecule has 2 N–H and O–H groups in total. The summed E-state index contributed by atoms with van der Waals surface area (Å²) in [6.45, 7) is 8.67. The van der Waals surface area contributed by atoms with E-state index in [1.165, 1.54) is 0 Å². The second-order valence-electron chi connectivity index (χ2n) is 5.90. The number of hydrogen-bond acceptors (Lipinski definition) is 4. The van der Waals surface area contributed by atoms with Gasteiger partial charge in [0.2, 0.25) is 0 Å². The molecule has 3 unspecified atom stereocenters. The highest BCUT2D eigenvalue weighted by Gasteiger charge is 2.37. The molecule has 2 heterocycles. The molecule has 2 rings (SSSR count). The first-order chi connectivity index (χ1) is 10.0. The number of morpholine rings is 1. The SMILES string of the molecule is CCN1CCOC(CNC(=O)N2CC(C)C(C(=O)O)C2)C1. The van der Waals surface area contributed by atoms with Crippen molar-refractivity contribution >= 4 is 12.0 Å². The van der Waals surface area contributed by atoms with Gasteiger partial charge in [0.25, 0.3) is 0 Å². The van der Waals surface area contributed by atoms with E-state index < -0.39 is 11.9 Å². The molecule has 2 fully saturated rings. The van der Waals surface area contributed by atoms with E-state index in [2.05, 4.69) is 17.1 Å². The minimum atomic E-state index is -0.827. The molecule has 2 aliphatic heterocycles. The third-order valence-corrected chi connectivity index (χ3v) is 4.37. The maximum atomic E-state index is 12.1. The first-order valence-corrected chi connectivity index (χ1v) is 7.60. The number of aliphatic carboxylic acids is 1. The summed E-state index contributed by atoms with van der Waals surface area (Å²) >= 11 is 0. The largest absolute Gasteiger partial charge is 0.481 e. The van der Waals surface area contributed by atoms with Gasteiger partial charge in [0.1, 0.15) is 0 Å². The van der Waals surface area contributed by atoms with Crippen LogP contribution in [0.2, 0.25) is 0 Å². The zero-order valence-corrected chi connectivity index (χ0v) is 12.7. The third kappa shape index (κ3) is 4.07. The van der Waals surface area contributed by atoms with Crippen molar-refractivity contribution in [2.45, 2.75) is 20.0 Å². The van der Waals surface area contributed by atoms with Crippen LogP contribution in [0.4, 0.5) is 4.79 Å². The first kappa shape index (κ1) is 16.0. The van der Waals surface area contributed by atoms with Gasteiger partial charge in [0.05, 0.1) is 18.6 Å². The summed E-state index contributed by atoms with van der Waals surface area (Å²) in [6.07, 6.45) is 0.0120. The number of nitrogens with one attached hydrogen (secondary N) is 1. The quantitative estimate of drug-likeness (QED) is 0.767. The van der Waals surface area contributed by atoms with E-state index in [1.54, 1.807) is 4.90 Å². The van der Waals surface area contributed by atoms with Crippen LogP contribution < -0.4 is 5.32 Å². The predicted molar refractivity (Wildman–Crippen MR) is 77.1 cm³/mol. The number of carbonyl (C=O) groups is 2. The third-order valence-electron chi connectivity index (χ3n) is 4.37. The minimum Gasteiger partial charge on any atom is -0.481 e. The van der Waals surface area contributed by atoms with Gasteiger partial charge in [0.15, 0.2) is 0 Å². The van der Waals surface area contributed by atoms with Gasteiger partial charge in [0, 0.05) is 32.7 Å². The Bertz CT molecular complexity index is 390. The van der Waals surface area contributed by atoms with E-state index >= 15 is 0 Å². The molecule has 0 bridgehead atoms. The summed E-state index contributed by atoms with van der Waals surface area (Å²) in [5.74, 6) is -1.29. The molecule has 3 atom stereocenters. The van der Waals surface area contributed by atoms with Gasteiger partial charge in [-0.1, -0.05) is 13.8 Å². The van der Waals surface area contributed by atoms with E-state index in [4.69, 9.17) is 9.84 Å². The summed E-state index contributed by atoms with van der Waals surface area (Å²) in [5, 5.41) is 12.0. The van der Waals surface area contributed by atoms with Crippen molar-refractivity contribution in [3.63, 3.8) is 0 Å². The van der Waals surface area contributed by atoms with Gasteiger partial charge < -0.3 is 20.1 Å². The Labute approximate surface area is 125 Å². The van der Waals surface area contributed by atoms with E-state index in [1.807, 2.05) is 6.92 Å². The van der Waals surface area contributed by atoms with Crippen LogP contribution in [0.25, 0.3) is 0 Å². The van der Waals surface area contributed by atoms with Crippen LogP contribution in [-0.4, -0.2) is 78.9 Å². The summed E-state index contributed by atoms with van der Waals surface area (Å²) in [7, 11) is 0. The molecule has 0 radical (unpaired) electrons. The molecule has 0 aromatic carbocycles. The van der Waals surface area contributed by atoms with Crippen LogP contribution in [0, 0.1) is 11.8 Å². The van der Waals surface area contributed by atoms with Crippen molar-refractivity contribution in [3.05, 3.63) is 0 Å². The maximum absolute atomic E-state index is 12.1. The molecule has 7 nitrogen and oxygen atoms in total. The number of ether oxygens (including phenoxy) is 1. The highest BCUT2D eigenvalue weighted by molar-refractivity contribution is 5.77. The molecular weight excluding hydrogens is 274 g/mol. The van der Waals surface area contributed by atoms with Crippen LogP contribution in [0.5, 0.6) is 0 Å². The van der Waals surface area contributed by atoms with Crippen LogP contribution in [0.1, 0.15) is 13.8 Å². The number of likely N-dealkylation sites (N-methyl/N-ethyl adjacent to an activating group) is 1. The maximum Gasteiger partial charge on any atom is 0.317 e. The summed E-state index contributed by atoms with van der Waals surface area (Å²) in [6, 6.07) is -0.192. The molecule has 120 valence electrons. The van der Waals surface area contributed by atoms with Gasteiger partial charge in [-0.25, -0.2) is 4.79 Å². The van der Waals surface area contributed by atoms with E-state index in [-0.39, 0.29) is 24.6 Å². The van der Waals surface area contributed by atoms with Crippen molar-refractivity contribution in [2.24, 2.45) is 11.8 Å². The average Bonchev–Trinajstić information content (AvgIpc) is 2.87. The smallest absolute Gasteiger partial charge is 0.317 e. The van der Waals surface area contributed by atoms with Gasteiger partial charge in [-0.05, 0) is 12.5 Å². The number of likely N-dealkylation sites (tertiary alicyclic amines) is 1. The monoisotopic (exact) mass is 299 g/mol. The minimum absolute atomic E-state index is 0.00485. The lowest BCUT2D eigenvalue weighted by Gasteiger charge is -2.32. The van der Waals surface area contributed by atoms with Crippen LogP contribution in [-0.2, 0) is 9.53 Å². The Morgan fingerprint density at radius 2 is 2.10 bits per heavy atom. The molecule has 0 aliphatic carbocycles. The Balaban J connectivity index is 1.76. The molecule has 7 heteroatoms. The molecular formula is C14H25N3O4. The van der Waals surface area contributed by atoms with Crippen LogP contribution >= 0.6 is 0 Å². The van der Waals surface area contributed by atoms with Gasteiger partial charge >= 0.3 is 12.0 Å². The molecule has 0 aromatic rings. The number of carboxylic acid groups (broad SMARTS) is 1. The molecule has 0 aromatic heterocycles. The predicted octanol–water partition coefficient (Wildman–Crippen LogP) is 0.0692. The highest BCUT2D eigenvalue weighted by Crippen LogP contribution is 2.22. The molecule has 2 amide bonds. The summed E-state index contributed by atoms with van der Waals surface area (Å²) in [4.78, 5) is 27.1. The van der Waals surface area contributed by atoms with E-state index in [0.29, 0.717) is 19.7 Å². The number of amides is 2. The average molecular weight is 299 g/mol. The molecule has 2 aliphatic rings. The van der Waals surface area contributed by atoms with Crippen LogP contribution in [0.3, 0.4) is 0 Å². The fraction of sp³-hybridized carbons (Fsp3) is 0.857. The second-order valence-corrected chi connectivity index (χ2v) is 5.90. The fourth-order valence-corrected chi connectivity index (χ4v) is 2.96. The lowest BCUT2D eigenvalue weighted by molar-refractivity contribution is -0.142. The lowest BCUT2D eigenvalue weighted by atomic mass is 9.99. The van der Waals surface area contributed by atoms with E-state index in [0.717, 1.165) is 19.6 Å². The van der Waals surface area contributed by atoms with Crippen molar-refractivity contribution < 1.29 is 19.4 Å². The van der Waals surface area contributed by atoms with Gasteiger partial charge in [-0.15, -0.1) is 0 Å². The summed E-state index contributed by atoms with van der Waals surface area (Å²) in [5.41, 5.74) is 0. The number of nitrogens with zero attached hydrogens (tertiary/aromatic N) is 2.